The lowest BCUT2D eigenvalue weighted by Crippen LogP contribution is -2.23. The van der Waals surface area contributed by atoms with Crippen molar-refractivity contribution in [2.75, 3.05) is 6.54 Å². The van der Waals surface area contributed by atoms with Crippen LogP contribution in [0, 0.1) is 5.82 Å². The Morgan fingerprint density at radius 1 is 1.05 bits per heavy atom. The lowest BCUT2D eigenvalue weighted by molar-refractivity contribution is 0.548. The number of hydrogen-bond donors (Lipinski definition) is 1. The van der Waals surface area contributed by atoms with Gasteiger partial charge in [0.2, 0.25) is 0 Å². The standard InChI is InChI=1S/C19H22FN/c1-2-21-19(12-14-6-10-18(20)11-7-14)17-9-8-15-4-3-5-16(15)13-17/h6-11,13,19,21H,2-5,12H2,1H3. The van der Waals surface area contributed by atoms with Crippen molar-refractivity contribution in [3.63, 3.8) is 0 Å². The first-order chi connectivity index (χ1) is 10.3. The largest absolute Gasteiger partial charge is 0.310 e. The van der Waals surface area contributed by atoms with Gasteiger partial charge in [-0.05, 0) is 66.6 Å². The number of aryl methyl sites for hydroxylation is 2. The highest BCUT2D eigenvalue weighted by Gasteiger charge is 2.16. The lowest BCUT2D eigenvalue weighted by atomic mass is 9.96. The first-order valence-electron chi connectivity index (χ1n) is 7.86. The summed E-state index contributed by atoms with van der Waals surface area (Å²) in [6.45, 7) is 3.06. The normalized spacial score (nSPS) is 15.0. The van der Waals surface area contributed by atoms with Gasteiger partial charge in [0, 0.05) is 6.04 Å². The number of hydrogen-bond acceptors (Lipinski definition) is 1. The highest BCUT2D eigenvalue weighted by molar-refractivity contribution is 5.37. The summed E-state index contributed by atoms with van der Waals surface area (Å²) < 4.78 is 13.0. The number of likely N-dealkylation sites (N-methyl/N-ethyl adjacent to an activating group) is 1. The van der Waals surface area contributed by atoms with Gasteiger partial charge in [0.25, 0.3) is 0 Å². The average molecular weight is 283 g/mol. The Morgan fingerprint density at radius 2 is 1.81 bits per heavy atom. The van der Waals surface area contributed by atoms with Crippen molar-refractivity contribution in [2.45, 2.75) is 38.6 Å². The molecule has 1 N–H and O–H groups in total. The van der Waals surface area contributed by atoms with Crippen molar-refractivity contribution in [1.82, 2.24) is 5.32 Å². The molecule has 2 aromatic carbocycles. The maximum Gasteiger partial charge on any atom is 0.123 e. The zero-order chi connectivity index (χ0) is 14.7. The molecular weight excluding hydrogens is 261 g/mol. The van der Waals surface area contributed by atoms with E-state index in [0.29, 0.717) is 6.04 Å². The highest BCUT2D eigenvalue weighted by atomic mass is 19.1. The van der Waals surface area contributed by atoms with Crippen LogP contribution in [0.4, 0.5) is 4.39 Å². The second-order valence-corrected chi connectivity index (χ2v) is 5.82. The molecule has 0 radical (unpaired) electrons. The molecule has 0 spiro atoms. The van der Waals surface area contributed by atoms with Gasteiger partial charge in [0.15, 0.2) is 0 Å². The van der Waals surface area contributed by atoms with E-state index in [4.69, 9.17) is 0 Å². The molecule has 0 aliphatic heterocycles. The summed E-state index contributed by atoms with van der Waals surface area (Å²) in [5, 5.41) is 3.56. The van der Waals surface area contributed by atoms with E-state index < -0.39 is 0 Å². The number of halogens is 1. The van der Waals surface area contributed by atoms with Crippen molar-refractivity contribution in [1.29, 1.82) is 0 Å². The Morgan fingerprint density at radius 3 is 2.57 bits per heavy atom. The van der Waals surface area contributed by atoms with Crippen LogP contribution in [0.5, 0.6) is 0 Å². The van der Waals surface area contributed by atoms with Gasteiger partial charge in [0.1, 0.15) is 5.82 Å². The van der Waals surface area contributed by atoms with Crippen LogP contribution in [0.3, 0.4) is 0 Å². The molecule has 0 aromatic heterocycles. The second-order valence-electron chi connectivity index (χ2n) is 5.82. The van der Waals surface area contributed by atoms with Gasteiger partial charge in [0.05, 0.1) is 0 Å². The van der Waals surface area contributed by atoms with Crippen LogP contribution in [-0.2, 0) is 19.3 Å². The molecule has 0 fully saturated rings. The van der Waals surface area contributed by atoms with E-state index >= 15 is 0 Å². The van der Waals surface area contributed by atoms with Gasteiger partial charge in [-0.2, -0.15) is 0 Å². The summed E-state index contributed by atoms with van der Waals surface area (Å²) >= 11 is 0. The van der Waals surface area contributed by atoms with E-state index in [2.05, 4.69) is 30.4 Å². The van der Waals surface area contributed by atoms with Gasteiger partial charge in [-0.25, -0.2) is 4.39 Å². The van der Waals surface area contributed by atoms with Crippen LogP contribution in [-0.4, -0.2) is 6.54 Å². The average Bonchev–Trinajstić information content (AvgIpc) is 2.96. The van der Waals surface area contributed by atoms with Crippen molar-refractivity contribution in [3.05, 3.63) is 70.5 Å². The summed E-state index contributed by atoms with van der Waals surface area (Å²) in [6.07, 6.45) is 4.60. The molecule has 2 aromatic rings. The molecule has 0 saturated carbocycles. The Kier molecular flexibility index (Phi) is 4.35. The topological polar surface area (TPSA) is 12.0 Å². The smallest absolute Gasteiger partial charge is 0.123 e. The van der Waals surface area contributed by atoms with Gasteiger partial charge in [-0.1, -0.05) is 37.3 Å². The first-order valence-corrected chi connectivity index (χ1v) is 7.86. The van der Waals surface area contributed by atoms with Crippen LogP contribution in [0.1, 0.15) is 41.6 Å². The molecule has 0 saturated heterocycles. The third kappa shape index (κ3) is 3.33. The Hall–Kier alpha value is -1.67. The fraction of sp³-hybridized carbons (Fsp3) is 0.368. The first kappa shape index (κ1) is 14.3. The van der Waals surface area contributed by atoms with Crippen LogP contribution in [0.15, 0.2) is 42.5 Å². The van der Waals surface area contributed by atoms with Gasteiger partial charge in [-0.15, -0.1) is 0 Å². The fourth-order valence-electron chi connectivity index (χ4n) is 3.22. The summed E-state index contributed by atoms with van der Waals surface area (Å²) in [5.41, 5.74) is 5.54. The Labute approximate surface area is 126 Å². The SMILES string of the molecule is CCNC(Cc1ccc(F)cc1)c1ccc2c(c1)CCC2. The minimum atomic E-state index is -0.170. The third-order valence-corrected chi connectivity index (χ3v) is 4.33. The summed E-state index contributed by atoms with van der Waals surface area (Å²) in [6, 6.07) is 14.0. The molecular formula is C19H22FN. The van der Waals surface area contributed by atoms with Gasteiger partial charge in [-0.3, -0.25) is 0 Å². The van der Waals surface area contributed by atoms with E-state index in [1.807, 2.05) is 12.1 Å². The summed E-state index contributed by atoms with van der Waals surface area (Å²) in [5.74, 6) is -0.170. The second kappa shape index (κ2) is 6.40. The Bertz CT molecular complexity index is 603. The van der Waals surface area contributed by atoms with E-state index in [0.717, 1.165) is 13.0 Å². The number of rotatable bonds is 5. The number of fused-ring (bicyclic) bond motifs is 1. The predicted molar refractivity (Wildman–Crippen MR) is 85.0 cm³/mol. The summed E-state index contributed by atoms with van der Waals surface area (Å²) in [4.78, 5) is 0. The molecule has 1 nitrogen and oxygen atoms in total. The van der Waals surface area contributed by atoms with E-state index in [-0.39, 0.29) is 5.82 Å². The molecule has 110 valence electrons. The van der Waals surface area contributed by atoms with Crippen LogP contribution >= 0.6 is 0 Å². The number of benzene rings is 2. The molecule has 21 heavy (non-hydrogen) atoms. The highest BCUT2D eigenvalue weighted by Crippen LogP contribution is 2.27. The Balaban J connectivity index is 1.82. The third-order valence-electron chi connectivity index (χ3n) is 4.33. The maximum absolute atomic E-state index is 13.0. The van der Waals surface area contributed by atoms with Crippen molar-refractivity contribution in [3.8, 4) is 0 Å². The van der Waals surface area contributed by atoms with Crippen molar-refractivity contribution >= 4 is 0 Å². The minimum Gasteiger partial charge on any atom is -0.310 e. The molecule has 0 amide bonds. The maximum atomic E-state index is 13.0. The minimum absolute atomic E-state index is 0.170. The molecule has 1 aliphatic carbocycles. The zero-order valence-corrected chi connectivity index (χ0v) is 12.5. The molecule has 0 heterocycles. The zero-order valence-electron chi connectivity index (χ0n) is 12.5. The van der Waals surface area contributed by atoms with Crippen LogP contribution < -0.4 is 5.32 Å². The van der Waals surface area contributed by atoms with E-state index in [9.17, 15) is 4.39 Å². The quantitative estimate of drug-likeness (QED) is 0.867. The van der Waals surface area contributed by atoms with Crippen molar-refractivity contribution in [2.24, 2.45) is 0 Å². The molecule has 1 atom stereocenters. The van der Waals surface area contributed by atoms with Crippen LogP contribution in [0.2, 0.25) is 0 Å². The van der Waals surface area contributed by atoms with E-state index in [1.165, 1.54) is 41.5 Å². The van der Waals surface area contributed by atoms with Gasteiger partial charge >= 0.3 is 0 Å². The monoisotopic (exact) mass is 283 g/mol. The van der Waals surface area contributed by atoms with E-state index in [1.54, 1.807) is 12.1 Å². The van der Waals surface area contributed by atoms with Gasteiger partial charge < -0.3 is 5.32 Å². The lowest BCUT2D eigenvalue weighted by Gasteiger charge is -2.19. The summed E-state index contributed by atoms with van der Waals surface area (Å²) in [7, 11) is 0. The molecule has 3 rings (SSSR count). The fourth-order valence-corrected chi connectivity index (χ4v) is 3.22. The molecule has 1 aliphatic rings. The molecule has 2 heteroatoms. The predicted octanol–water partition coefficient (Wildman–Crippen LogP) is 4.21. The van der Waals surface area contributed by atoms with Crippen molar-refractivity contribution < 1.29 is 4.39 Å². The molecule has 1 unspecified atom stereocenters. The molecule has 0 bridgehead atoms. The van der Waals surface area contributed by atoms with Crippen LogP contribution in [0.25, 0.3) is 0 Å². The number of nitrogens with one attached hydrogen (secondary N) is 1.